The molecule has 0 saturated carbocycles. The van der Waals surface area contributed by atoms with Crippen molar-refractivity contribution < 1.29 is 0 Å². The van der Waals surface area contributed by atoms with Crippen LogP contribution in [0.2, 0.25) is 0 Å². The average Bonchev–Trinajstić information content (AvgIpc) is 2.83. The molecule has 0 N–H and O–H groups in total. The normalized spacial score (nSPS) is 11.0. The van der Waals surface area contributed by atoms with Crippen molar-refractivity contribution in [2.75, 3.05) is 0 Å². The molecule has 0 amide bonds. The monoisotopic (exact) mass is 549 g/mol. The lowest BCUT2D eigenvalue weighted by Gasteiger charge is -2.09. The summed E-state index contributed by atoms with van der Waals surface area (Å²) in [5.41, 5.74) is 4.28. The smallest absolute Gasteiger partial charge is 0.164 e. The van der Waals surface area contributed by atoms with Crippen LogP contribution in [0.5, 0.6) is 0 Å². The van der Waals surface area contributed by atoms with Gasteiger partial charge in [0.1, 0.15) is 0 Å². The van der Waals surface area contributed by atoms with Gasteiger partial charge in [-0.05, 0) is 42.7 Å². The summed E-state index contributed by atoms with van der Waals surface area (Å²) in [5, 5.41) is 0. The minimum absolute atomic E-state index is 0.670. The fourth-order valence-electron chi connectivity index (χ4n) is 3.54. The van der Waals surface area contributed by atoms with Gasteiger partial charge in [0.2, 0.25) is 0 Å². The van der Waals surface area contributed by atoms with Gasteiger partial charge in [-0.2, -0.15) is 0 Å². The van der Waals surface area contributed by atoms with Crippen molar-refractivity contribution in [1.29, 1.82) is 0 Å². The Kier molecular flexibility index (Phi) is 7.82. The van der Waals surface area contributed by atoms with Gasteiger partial charge in [-0.1, -0.05) is 107 Å². The Balaban J connectivity index is 1.69. The molecule has 0 saturated heterocycles. The van der Waals surface area contributed by atoms with Crippen molar-refractivity contribution in [3.05, 3.63) is 87.3 Å². The van der Waals surface area contributed by atoms with Crippen LogP contribution in [-0.4, -0.2) is 15.0 Å². The summed E-state index contributed by atoms with van der Waals surface area (Å²) in [4.78, 5) is 14.4. The van der Waals surface area contributed by atoms with E-state index >= 15 is 0 Å². The van der Waals surface area contributed by atoms with Gasteiger partial charge in [0.25, 0.3) is 0 Å². The molecule has 0 unspecified atom stereocenters. The molecule has 4 aromatic rings. The van der Waals surface area contributed by atoms with Gasteiger partial charge in [0, 0.05) is 25.6 Å². The van der Waals surface area contributed by atoms with Crippen molar-refractivity contribution in [2.45, 2.75) is 39.0 Å². The maximum Gasteiger partial charge on any atom is 0.164 e. The third-order valence-electron chi connectivity index (χ3n) is 5.37. The van der Waals surface area contributed by atoms with Crippen LogP contribution in [0, 0.1) is 0 Å². The first-order valence-corrected chi connectivity index (χ1v) is 12.6. The van der Waals surface area contributed by atoms with Gasteiger partial charge in [0.05, 0.1) is 0 Å². The van der Waals surface area contributed by atoms with E-state index in [-0.39, 0.29) is 0 Å². The molecule has 1 aromatic heterocycles. The van der Waals surface area contributed by atoms with Crippen LogP contribution in [0.1, 0.15) is 38.2 Å². The number of aromatic nitrogens is 3. The van der Waals surface area contributed by atoms with E-state index in [1.807, 2.05) is 48.5 Å². The lowest BCUT2D eigenvalue weighted by Crippen LogP contribution is -2.00. The minimum Gasteiger partial charge on any atom is -0.208 e. The number of halogens is 2. The van der Waals surface area contributed by atoms with E-state index < -0.39 is 0 Å². The standard InChI is InChI=1S/C27H25Br2N3/c1-2-3-4-5-6-19-7-9-20(10-8-19)25-30-26(21-11-15-23(28)16-12-21)32-27(31-25)22-13-17-24(29)18-14-22/h7-18H,2-6H2,1H3. The minimum atomic E-state index is 0.670. The molecule has 0 spiro atoms. The lowest BCUT2D eigenvalue weighted by atomic mass is 10.0. The lowest BCUT2D eigenvalue weighted by molar-refractivity contribution is 0.667. The topological polar surface area (TPSA) is 38.7 Å². The van der Waals surface area contributed by atoms with Crippen LogP contribution < -0.4 is 0 Å². The summed E-state index contributed by atoms with van der Waals surface area (Å²) >= 11 is 7.01. The summed E-state index contributed by atoms with van der Waals surface area (Å²) < 4.78 is 2.05. The molecular weight excluding hydrogens is 526 g/mol. The summed E-state index contributed by atoms with van der Waals surface area (Å²) in [6.07, 6.45) is 6.21. The first-order chi connectivity index (χ1) is 15.6. The first kappa shape index (κ1) is 22.8. The maximum absolute atomic E-state index is 4.82. The van der Waals surface area contributed by atoms with E-state index in [9.17, 15) is 0 Å². The molecular formula is C27H25Br2N3. The van der Waals surface area contributed by atoms with Crippen LogP contribution in [-0.2, 0) is 6.42 Å². The average molecular weight is 551 g/mol. The largest absolute Gasteiger partial charge is 0.208 e. The van der Waals surface area contributed by atoms with Gasteiger partial charge in [-0.15, -0.1) is 0 Å². The zero-order valence-electron chi connectivity index (χ0n) is 18.1. The molecule has 0 atom stereocenters. The Morgan fingerprint density at radius 2 is 0.938 bits per heavy atom. The van der Waals surface area contributed by atoms with Crippen LogP contribution in [0.4, 0.5) is 0 Å². The number of rotatable bonds is 8. The second kappa shape index (κ2) is 11.0. The predicted octanol–water partition coefficient (Wildman–Crippen LogP) is 8.52. The van der Waals surface area contributed by atoms with Crippen LogP contribution in [0.15, 0.2) is 81.7 Å². The Bertz CT molecular complexity index is 1090. The van der Waals surface area contributed by atoms with Gasteiger partial charge in [-0.3, -0.25) is 0 Å². The highest BCUT2D eigenvalue weighted by Gasteiger charge is 2.12. The number of hydrogen-bond acceptors (Lipinski definition) is 3. The first-order valence-electron chi connectivity index (χ1n) is 11.0. The molecule has 3 aromatic carbocycles. The zero-order valence-corrected chi connectivity index (χ0v) is 21.2. The maximum atomic E-state index is 4.82. The molecule has 0 aliphatic carbocycles. The van der Waals surface area contributed by atoms with Crippen molar-refractivity contribution in [3.8, 4) is 34.2 Å². The highest BCUT2D eigenvalue weighted by atomic mass is 79.9. The van der Waals surface area contributed by atoms with E-state index in [0.717, 1.165) is 32.1 Å². The molecule has 4 rings (SSSR count). The SMILES string of the molecule is CCCCCCc1ccc(-c2nc(-c3ccc(Br)cc3)nc(-c3ccc(Br)cc3)n2)cc1. The van der Waals surface area contributed by atoms with Crippen LogP contribution in [0.3, 0.4) is 0 Å². The van der Waals surface area contributed by atoms with Gasteiger partial charge >= 0.3 is 0 Å². The molecule has 3 nitrogen and oxygen atoms in total. The van der Waals surface area contributed by atoms with E-state index in [0.29, 0.717) is 17.5 Å². The summed E-state index contributed by atoms with van der Waals surface area (Å²) in [7, 11) is 0. The van der Waals surface area contributed by atoms with E-state index in [1.54, 1.807) is 0 Å². The zero-order chi connectivity index (χ0) is 22.3. The fraction of sp³-hybridized carbons (Fsp3) is 0.222. The Hall–Kier alpha value is -2.37. The Morgan fingerprint density at radius 1 is 0.531 bits per heavy atom. The molecule has 0 radical (unpaired) electrons. The third-order valence-corrected chi connectivity index (χ3v) is 6.43. The van der Waals surface area contributed by atoms with Gasteiger partial charge < -0.3 is 0 Å². The summed E-state index contributed by atoms with van der Waals surface area (Å²) in [6, 6.07) is 24.8. The number of benzene rings is 3. The highest BCUT2D eigenvalue weighted by molar-refractivity contribution is 9.10. The molecule has 0 aliphatic heterocycles. The Labute approximate surface area is 206 Å². The molecule has 0 aliphatic rings. The van der Waals surface area contributed by atoms with Crippen molar-refractivity contribution in [1.82, 2.24) is 15.0 Å². The Morgan fingerprint density at radius 3 is 1.34 bits per heavy atom. The van der Waals surface area contributed by atoms with Gasteiger partial charge in [0.15, 0.2) is 17.5 Å². The predicted molar refractivity (Wildman–Crippen MR) is 139 cm³/mol. The molecule has 0 bridgehead atoms. The summed E-state index contributed by atoms with van der Waals surface area (Å²) in [5.74, 6) is 2.03. The van der Waals surface area contributed by atoms with E-state index in [2.05, 4.69) is 63.0 Å². The number of unbranched alkanes of at least 4 members (excludes halogenated alkanes) is 3. The highest BCUT2D eigenvalue weighted by Crippen LogP contribution is 2.26. The van der Waals surface area contributed by atoms with Gasteiger partial charge in [-0.25, -0.2) is 15.0 Å². The fourth-order valence-corrected chi connectivity index (χ4v) is 4.07. The van der Waals surface area contributed by atoms with Crippen LogP contribution in [0.25, 0.3) is 34.2 Å². The number of nitrogens with zero attached hydrogens (tertiary/aromatic N) is 3. The number of aryl methyl sites for hydroxylation is 1. The van der Waals surface area contributed by atoms with Crippen LogP contribution >= 0.6 is 31.9 Å². The molecule has 5 heteroatoms. The van der Waals surface area contributed by atoms with Crippen molar-refractivity contribution in [3.63, 3.8) is 0 Å². The summed E-state index contributed by atoms with van der Waals surface area (Å²) in [6.45, 7) is 2.24. The molecule has 162 valence electrons. The van der Waals surface area contributed by atoms with Crippen molar-refractivity contribution in [2.24, 2.45) is 0 Å². The van der Waals surface area contributed by atoms with E-state index in [4.69, 9.17) is 15.0 Å². The molecule has 0 fully saturated rings. The second-order valence-corrected chi connectivity index (χ2v) is 9.66. The number of hydrogen-bond donors (Lipinski definition) is 0. The molecule has 1 heterocycles. The third kappa shape index (κ3) is 5.90. The van der Waals surface area contributed by atoms with Crippen molar-refractivity contribution >= 4 is 31.9 Å². The second-order valence-electron chi connectivity index (χ2n) is 7.83. The molecule has 32 heavy (non-hydrogen) atoms. The quantitative estimate of drug-likeness (QED) is 0.206. The van der Waals surface area contributed by atoms with E-state index in [1.165, 1.54) is 31.2 Å².